The van der Waals surface area contributed by atoms with Crippen molar-refractivity contribution in [3.8, 4) is 5.75 Å². The lowest BCUT2D eigenvalue weighted by Crippen LogP contribution is -2.37. The van der Waals surface area contributed by atoms with Crippen molar-refractivity contribution in [1.29, 1.82) is 0 Å². The van der Waals surface area contributed by atoms with Gasteiger partial charge in [0.25, 0.3) is 5.91 Å². The van der Waals surface area contributed by atoms with Gasteiger partial charge in [-0.1, -0.05) is 26.0 Å². The Bertz CT molecular complexity index is 525. The number of carbonyl (C=O) groups is 2. The molecule has 0 aromatic heterocycles. The van der Waals surface area contributed by atoms with E-state index in [4.69, 9.17) is 4.74 Å². The molecule has 5 heteroatoms. The van der Waals surface area contributed by atoms with Gasteiger partial charge in [-0.2, -0.15) is 0 Å². The van der Waals surface area contributed by atoms with Gasteiger partial charge in [0.1, 0.15) is 5.75 Å². The summed E-state index contributed by atoms with van der Waals surface area (Å²) in [5.41, 5.74) is 2.15. The van der Waals surface area contributed by atoms with Crippen LogP contribution < -0.4 is 10.1 Å². The van der Waals surface area contributed by atoms with Crippen molar-refractivity contribution in [1.82, 2.24) is 5.32 Å². The van der Waals surface area contributed by atoms with E-state index >= 15 is 0 Å². The fourth-order valence-electron chi connectivity index (χ4n) is 1.98. The van der Waals surface area contributed by atoms with Crippen LogP contribution in [0.4, 0.5) is 0 Å². The number of methoxy groups -OCH3 is 1. The minimum atomic E-state index is -0.353. The zero-order chi connectivity index (χ0) is 16.7. The molecule has 0 saturated heterocycles. The minimum Gasteiger partial charge on any atom is -0.483 e. The zero-order valence-electron chi connectivity index (χ0n) is 13.9. The van der Waals surface area contributed by atoms with Crippen LogP contribution in [0.3, 0.4) is 0 Å². The minimum absolute atomic E-state index is 0.0755. The van der Waals surface area contributed by atoms with E-state index in [0.717, 1.165) is 5.56 Å². The Labute approximate surface area is 132 Å². The second-order valence-corrected chi connectivity index (χ2v) is 5.72. The second-order valence-electron chi connectivity index (χ2n) is 5.72. The highest BCUT2D eigenvalue weighted by atomic mass is 16.5. The summed E-state index contributed by atoms with van der Waals surface area (Å²) in [5.74, 6) is 0.499. The molecule has 0 heterocycles. The average Bonchev–Trinajstić information content (AvgIpc) is 2.45. The van der Waals surface area contributed by atoms with E-state index in [-0.39, 0.29) is 30.9 Å². The van der Waals surface area contributed by atoms with Crippen LogP contribution in [0, 0.1) is 6.92 Å². The van der Waals surface area contributed by atoms with E-state index in [1.54, 1.807) is 6.92 Å². The quantitative estimate of drug-likeness (QED) is 0.786. The largest absolute Gasteiger partial charge is 0.483 e. The van der Waals surface area contributed by atoms with Gasteiger partial charge in [-0.3, -0.25) is 9.59 Å². The Morgan fingerprint density at radius 1 is 1.23 bits per heavy atom. The predicted octanol–water partition coefficient (Wildman–Crippen LogP) is 2.57. The number of rotatable bonds is 7. The van der Waals surface area contributed by atoms with E-state index in [1.807, 2.05) is 19.1 Å². The van der Waals surface area contributed by atoms with Gasteiger partial charge in [0.2, 0.25) is 0 Å². The molecule has 1 amide bonds. The first-order valence-corrected chi connectivity index (χ1v) is 7.43. The lowest BCUT2D eigenvalue weighted by atomic mass is 10.0. The molecule has 0 saturated carbocycles. The number of nitrogens with one attached hydrogen (secondary N) is 1. The Kier molecular flexibility index (Phi) is 6.89. The number of aryl methyl sites for hydroxylation is 1. The van der Waals surface area contributed by atoms with Crippen LogP contribution in [0.1, 0.15) is 44.2 Å². The summed E-state index contributed by atoms with van der Waals surface area (Å²) >= 11 is 0. The number of hydrogen-bond acceptors (Lipinski definition) is 4. The predicted molar refractivity (Wildman–Crippen MR) is 85.0 cm³/mol. The molecular formula is C17H25NO4. The van der Waals surface area contributed by atoms with Crippen molar-refractivity contribution in [2.45, 2.75) is 46.1 Å². The van der Waals surface area contributed by atoms with Crippen molar-refractivity contribution in [3.05, 3.63) is 29.3 Å². The summed E-state index contributed by atoms with van der Waals surface area (Å²) < 4.78 is 10.2. The Morgan fingerprint density at radius 3 is 2.50 bits per heavy atom. The highest BCUT2D eigenvalue weighted by Gasteiger charge is 2.13. The van der Waals surface area contributed by atoms with Gasteiger partial charge in [-0.15, -0.1) is 0 Å². The van der Waals surface area contributed by atoms with Gasteiger partial charge in [0.05, 0.1) is 13.5 Å². The van der Waals surface area contributed by atoms with Crippen LogP contribution in [0.15, 0.2) is 18.2 Å². The molecule has 1 unspecified atom stereocenters. The van der Waals surface area contributed by atoms with Gasteiger partial charge in [0.15, 0.2) is 6.61 Å². The smallest absolute Gasteiger partial charge is 0.307 e. The third-order valence-corrected chi connectivity index (χ3v) is 3.35. The maximum atomic E-state index is 11.8. The van der Waals surface area contributed by atoms with Crippen LogP contribution in [0.5, 0.6) is 5.75 Å². The first kappa shape index (κ1) is 18.0. The van der Waals surface area contributed by atoms with E-state index in [9.17, 15) is 9.59 Å². The van der Waals surface area contributed by atoms with Crippen molar-refractivity contribution >= 4 is 11.9 Å². The van der Waals surface area contributed by atoms with Gasteiger partial charge in [0, 0.05) is 6.04 Å². The van der Waals surface area contributed by atoms with Gasteiger partial charge >= 0.3 is 5.97 Å². The zero-order valence-corrected chi connectivity index (χ0v) is 13.9. The number of hydrogen-bond donors (Lipinski definition) is 1. The summed E-state index contributed by atoms with van der Waals surface area (Å²) in [5, 5.41) is 2.71. The summed E-state index contributed by atoms with van der Waals surface area (Å²) in [6.07, 6.45) is 0.143. The third-order valence-electron chi connectivity index (χ3n) is 3.35. The summed E-state index contributed by atoms with van der Waals surface area (Å²) in [7, 11) is 1.32. The molecule has 1 aromatic rings. The van der Waals surface area contributed by atoms with E-state index in [1.165, 1.54) is 12.7 Å². The van der Waals surface area contributed by atoms with Crippen LogP contribution in [-0.4, -0.2) is 31.6 Å². The highest BCUT2D eigenvalue weighted by Crippen LogP contribution is 2.24. The molecule has 5 nitrogen and oxygen atoms in total. The van der Waals surface area contributed by atoms with Crippen LogP contribution in [0.2, 0.25) is 0 Å². The summed E-state index contributed by atoms with van der Waals surface area (Å²) in [6.45, 7) is 7.83. The molecule has 0 bridgehead atoms. The molecule has 1 aromatic carbocycles. The molecule has 0 aliphatic heterocycles. The van der Waals surface area contributed by atoms with E-state index < -0.39 is 0 Å². The third kappa shape index (κ3) is 5.76. The lowest BCUT2D eigenvalue weighted by Gasteiger charge is -2.15. The number of carbonyl (C=O) groups excluding carboxylic acids is 2. The van der Waals surface area contributed by atoms with Crippen LogP contribution >= 0.6 is 0 Å². The summed E-state index contributed by atoms with van der Waals surface area (Å²) in [4.78, 5) is 23.0. The first-order valence-electron chi connectivity index (χ1n) is 7.43. The standard InChI is InChI=1S/C17H25NO4/c1-11(2)14-7-6-12(3)15(9-14)22-10-16(19)18-13(4)8-17(20)21-5/h6-7,9,11,13H,8,10H2,1-5H3,(H,18,19). The average molecular weight is 307 g/mol. The van der Waals surface area contributed by atoms with Crippen molar-refractivity contribution in [2.24, 2.45) is 0 Å². The molecule has 1 atom stereocenters. The van der Waals surface area contributed by atoms with Gasteiger partial charge in [-0.25, -0.2) is 0 Å². The Morgan fingerprint density at radius 2 is 1.91 bits per heavy atom. The first-order chi connectivity index (χ1) is 10.3. The maximum Gasteiger partial charge on any atom is 0.307 e. The Balaban J connectivity index is 2.53. The van der Waals surface area contributed by atoms with Crippen LogP contribution in [-0.2, 0) is 14.3 Å². The van der Waals surface area contributed by atoms with Gasteiger partial charge in [-0.05, 0) is 37.0 Å². The molecule has 22 heavy (non-hydrogen) atoms. The molecule has 0 fully saturated rings. The summed E-state index contributed by atoms with van der Waals surface area (Å²) in [6, 6.07) is 5.73. The van der Waals surface area contributed by atoms with Crippen LogP contribution in [0.25, 0.3) is 0 Å². The monoisotopic (exact) mass is 307 g/mol. The van der Waals surface area contributed by atoms with E-state index in [2.05, 4.69) is 30.0 Å². The molecule has 0 radical (unpaired) electrons. The molecule has 0 aliphatic rings. The lowest BCUT2D eigenvalue weighted by molar-refractivity contribution is -0.141. The highest BCUT2D eigenvalue weighted by molar-refractivity contribution is 5.79. The molecule has 0 spiro atoms. The fraction of sp³-hybridized carbons (Fsp3) is 0.529. The molecular weight excluding hydrogens is 282 g/mol. The topological polar surface area (TPSA) is 64.6 Å². The van der Waals surface area contributed by atoms with Gasteiger partial charge < -0.3 is 14.8 Å². The number of esters is 1. The molecule has 1 rings (SSSR count). The Hall–Kier alpha value is -2.04. The SMILES string of the molecule is COC(=O)CC(C)NC(=O)COc1cc(C(C)C)ccc1C. The number of benzene rings is 1. The number of amides is 1. The normalized spacial score (nSPS) is 11.9. The molecule has 1 N–H and O–H groups in total. The van der Waals surface area contributed by atoms with Crippen molar-refractivity contribution in [2.75, 3.05) is 13.7 Å². The fourth-order valence-corrected chi connectivity index (χ4v) is 1.98. The number of ether oxygens (including phenoxy) is 2. The van der Waals surface area contributed by atoms with E-state index in [0.29, 0.717) is 11.7 Å². The second kappa shape index (κ2) is 8.41. The maximum absolute atomic E-state index is 11.8. The van der Waals surface area contributed by atoms with Crippen molar-refractivity contribution < 1.29 is 19.1 Å². The van der Waals surface area contributed by atoms with Crippen molar-refractivity contribution in [3.63, 3.8) is 0 Å². The molecule has 0 aliphatic carbocycles. The molecule has 122 valence electrons.